The summed E-state index contributed by atoms with van der Waals surface area (Å²) in [4.78, 5) is 10.6. The molecule has 0 saturated heterocycles. The maximum absolute atomic E-state index is 13.4. The summed E-state index contributed by atoms with van der Waals surface area (Å²) in [7, 11) is 0. The summed E-state index contributed by atoms with van der Waals surface area (Å²) >= 11 is 0. The zero-order valence-corrected chi connectivity index (χ0v) is 8.13. The number of hydrogen-bond acceptors (Lipinski definition) is 1. The first-order valence-corrected chi connectivity index (χ1v) is 4.69. The van der Waals surface area contributed by atoms with Crippen LogP contribution in [0.15, 0.2) is 12.1 Å². The van der Waals surface area contributed by atoms with Crippen molar-refractivity contribution in [2.24, 2.45) is 5.92 Å². The Morgan fingerprint density at radius 3 is 2.60 bits per heavy atom. The van der Waals surface area contributed by atoms with Gasteiger partial charge in [0.25, 0.3) is 0 Å². The lowest BCUT2D eigenvalue weighted by Gasteiger charge is -2.03. The van der Waals surface area contributed by atoms with E-state index in [4.69, 9.17) is 5.11 Å². The van der Waals surface area contributed by atoms with E-state index < -0.39 is 23.5 Å². The molecule has 1 aliphatic rings. The lowest BCUT2D eigenvalue weighted by molar-refractivity contribution is -0.138. The van der Waals surface area contributed by atoms with E-state index in [1.807, 2.05) is 0 Å². The normalized spacial score (nSPS) is 23.9. The van der Waals surface area contributed by atoms with Crippen molar-refractivity contribution in [3.05, 3.63) is 34.9 Å². The van der Waals surface area contributed by atoms with Crippen molar-refractivity contribution in [3.8, 4) is 0 Å². The molecule has 1 saturated carbocycles. The van der Waals surface area contributed by atoms with Crippen molar-refractivity contribution < 1.29 is 18.7 Å². The molecule has 2 rings (SSSR count). The van der Waals surface area contributed by atoms with Gasteiger partial charge in [-0.25, -0.2) is 8.78 Å². The zero-order valence-electron chi connectivity index (χ0n) is 8.13. The van der Waals surface area contributed by atoms with Gasteiger partial charge < -0.3 is 5.11 Å². The summed E-state index contributed by atoms with van der Waals surface area (Å²) in [6.45, 7) is 1.48. The summed E-state index contributed by atoms with van der Waals surface area (Å²) in [5.74, 6) is -2.86. The monoisotopic (exact) mass is 212 g/mol. The number of carboxylic acid groups (broad SMARTS) is 1. The molecular formula is C11H10F2O2. The summed E-state index contributed by atoms with van der Waals surface area (Å²) in [6.07, 6.45) is 0.398. The third-order valence-corrected chi connectivity index (χ3v) is 2.79. The Morgan fingerprint density at radius 1 is 1.40 bits per heavy atom. The topological polar surface area (TPSA) is 37.3 Å². The van der Waals surface area contributed by atoms with Crippen molar-refractivity contribution in [2.75, 3.05) is 0 Å². The van der Waals surface area contributed by atoms with Crippen LogP contribution >= 0.6 is 0 Å². The van der Waals surface area contributed by atoms with Gasteiger partial charge in [-0.3, -0.25) is 4.79 Å². The second kappa shape index (κ2) is 3.29. The van der Waals surface area contributed by atoms with Crippen LogP contribution < -0.4 is 0 Å². The maximum Gasteiger partial charge on any atom is 0.307 e. The highest BCUT2D eigenvalue weighted by Crippen LogP contribution is 2.48. The van der Waals surface area contributed by atoms with Gasteiger partial charge in [-0.15, -0.1) is 0 Å². The Morgan fingerprint density at radius 2 is 2.07 bits per heavy atom. The molecule has 0 radical (unpaired) electrons. The van der Waals surface area contributed by atoms with Crippen molar-refractivity contribution >= 4 is 5.97 Å². The van der Waals surface area contributed by atoms with E-state index in [0.717, 1.165) is 12.1 Å². The molecule has 1 aromatic carbocycles. The summed E-state index contributed by atoms with van der Waals surface area (Å²) < 4.78 is 26.6. The van der Waals surface area contributed by atoms with Gasteiger partial charge in [0.05, 0.1) is 5.92 Å². The Hall–Kier alpha value is -1.45. The lowest BCUT2D eigenvalue weighted by Crippen LogP contribution is -2.01. The van der Waals surface area contributed by atoms with Crippen LogP contribution in [0.1, 0.15) is 23.5 Å². The molecule has 80 valence electrons. The Labute approximate surface area is 85.5 Å². The van der Waals surface area contributed by atoms with Gasteiger partial charge in [0, 0.05) is 5.92 Å². The molecule has 2 unspecified atom stereocenters. The molecule has 1 fully saturated rings. The van der Waals surface area contributed by atoms with Crippen LogP contribution in [0.4, 0.5) is 8.78 Å². The van der Waals surface area contributed by atoms with Gasteiger partial charge >= 0.3 is 5.97 Å². The minimum atomic E-state index is -0.944. The maximum atomic E-state index is 13.4. The lowest BCUT2D eigenvalue weighted by atomic mass is 10.1. The zero-order chi connectivity index (χ0) is 11.2. The van der Waals surface area contributed by atoms with Crippen LogP contribution in [0.2, 0.25) is 0 Å². The number of carboxylic acids is 1. The van der Waals surface area contributed by atoms with Crippen LogP contribution in [0.3, 0.4) is 0 Å². The predicted octanol–water partition coefficient (Wildman–Crippen LogP) is 2.46. The molecule has 1 aromatic rings. The number of halogens is 2. The van der Waals surface area contributed by atoms with Crippen molar-refractivity contribution in [1.29, 1.82) is 0 Å². The first-order valence-electron chi connectivity index (χ1n) is 4.69. The van der Waals surface area contributed by atoms with E-state index in [1.165, 1.54) is 6.92 Å². The quantitative estimate of drug-likeness (QED) is 0.817. The fourth-order valence-electron chi connectivity index (χ4n) is 1.76. The highest BCUT2D eigenvalue weighted by molar-refractivity contribution is 5.75. The molecule has 0 spiro atoms. The standard InChI is InChI=1S/C11H10F2O2/c1-5-2-10(13)7(4-9(5)12)6-3-8(6)11(14)15/h2,4,6,8H,3H2,1H3,(H,14,15). The number of aryl methyl sites for hydroxylation is 1. The molecule has 0 heterocycles. The van der Waals surface area contributed by atoms with E-state index >= 15 is 0 Å². The second-order valence-corrected chi connectivity index (χ2v) is 3.91. The fourth-order valence-corrected chi connectivity index (χ4v) is 1.76. The molecule has 15 heavy (non-hydrogen) atoms. The van der Waals surface area contributed by atoms with Gasteiger partial charge in [-0.2, -0.15) is 0 Å². The highest BCUT2D eigenvalue weighted by Gasteiger charge is 2.45. The molecule has 0 aromatic heterocycles. The Kier molecular flexibility index (Phi) is 2.21. The summed E-state index contributed by atoms with van der Waals surface area (Å²) in [5, 5.41) is 8.68. The Bertz CT molecular complexity index is 429. The average molecular weight is 212 g/mol. The van der Waals surface area contributed by atoms with Gasteiger partial charge in [0.15, 0.2) is 0 Å². The first-order chi connectivity index (χ1) is 7.00. The Balaban J connectivity index is 2.31. The highest BCUT2D eigenvalue weighted by atomic mass is 19.1. The second-order valence-electron chi connectivity index (χ2n) is 3.91. The van der Waals surface area contributed by atoms with E-state index in [1.54, 1.807) is 0 Å². The molecule has 1 aliphatic carbocycles. The molecule has 1 N–H and O–H groups in total. The van der Waals surface area contributed by atoms with Crippen LogP contribution in [-0.4, -0.2) is 11.1 Å². The van der Waals surface area contributed by atoms with E-state index in [2.05, 4.69) is 0 Å². The van der Waals surface area contributed by atoms with E-state index in [9.17, 15) is 13.6 Å². The van der Waals surface area contributed by atoms with Gasteiger partial charge in [0.1, 0.15) is 11.6 Å². The number of hydrogen-bond donors (Lipinski definition) is 1. The van der Waals surface area contributed by atoms with E-state index in [0.29, 0.717) is 6.42 Å². The SMILES string of the molecule is Cc1cc(F)c(C2CC2C(=O)O)cc1F. The molecule has 0 aliphatic heterocycles. The number of carbonyl (C=O) groups is 1. The van der Waals surface area contributed by atoms with Crippen LogP contribution in [0.25, 0.3) is 0 Å². The van der Waals surface area contributed by atoms with Gasteiger partial charge in [0.2, 0.25) is 0 Å². The summed E-state index contributed by atoms with van der Waals surface area (Å²) in [5.41, 5.74) is 0.425. The first kappa shape index (κ1) is 10.1. The number of aliphatic carboxylic acids is 1. The largest absolute Gasteiger partial charge is 0.481 e. The minimum Gasteiger partial charge on any atom is -0.481 e. The third-order valence-electron chi connectivity index (χ3n) is 2.79. The smallest absolute Gasteiger partial charge is 0.307 e. The third kappa shape index (κ3) is 1.71. The van der Waals surface area contributed by atoms with Gasteiger partial charge in [-0.1, -0.05) is 0 Å². The number of benzene rings is 1. The fraction of sp³-hybridized carbons (Fsp3) is 0.364. The number of rotatable bonds is 2. The molecule has 0 amide bonds. The molecule has 0 bridgehead atoms. The van der Waals surface area contributed by atoms with Crippen molar-refractivity contribution in [3.63, 3.8) is 0 Å². The molecule has 4 heteroatoms. The van der Waals surface area contributed by atoms with Gasteiger partial charge in [-0.05, 0) is 36.6 Å². The molecule has 2 nitrogen and oxygen atoms in total. The summed E-state index contributed by atoms with van der Waals surface area (Å²) in [6, 6.07) is 2.22. The van der Waals surface area contributed by atoms with E-state index in [-0.39, 0.29) is 17.0 Å². The minimum absolute atomic E-state index is 0.186. The van der Waals surface area contributed by atoms with Crippen LogP contribution in [0.5, 0.6) is 0 Å². The van der Waals surface area contributed by atoms with Crippen LogP contribution in [0, 0.1) is 24.5 Å². The van der Waals surface area contributed by atoms with Crippen molar-refractivity contribution in [1.82, 2.24) is 0 Å². The molecular weight excluding hydrogens is 202 g/mol. The van der Waals surface area contributed by atoms with Crippen LogP contribution in [-0.2, 0) is 4.79 Å². The predicted molar refractivity (Wildman–Crippen MR) is 49.6 cm³/mol. The average Bonchev–Trinajstić information content (AvgIpc) is 2.90. The van der Waals surface area contributed by atoms with Crippen molar-refractivity contribution in [2.45, 2.75) is 19.3 Å². The molecule has 2 atom stereocenters.